The zero-order chi connectivity index (χ0) is 41.4. The van der Waals surface area contributed by atoms with E-state index in [1.165, 1.54) is 0 Å². The number of fused-ring (bicyclic) bond motifs is 4. The fraction of sp³-hybridized carbons (Fsp3) is 0.780. The van der Waals surface area contributed by atoms with Gasteiger partial charge in [0.2, 0.25) is 0 Å². The Kier molecular flexibility index (Phi) is 13.2. The Morgan fingerprint density at radius 2 is 1.86 bits per heavy atom. The van der Waals surface area contributed by atoms with Gasteiger partial charge in [-0.1, -0.05) is 38.9 Å². The number of esters is 1. The molecule has 0 saturated carbocycles. The molecule has 16 nitrogen and oxygen atoms in total. The van der Waals surface area contributed by atoms with Crippen LogP contribution in [0.3, 0.4) is 0 Å². The number of aliphatic imine (C=N–C) groups is 1. The number of rotatable bonds is 7. The molecular weight excluding hydrogens is 736 g/mol. The van der Waals surface area contributed by atoms with Crippen molar-refractivity contribution < 1.29 is 48.0 Å². The molecule has 1 amide bonds. The molecule has 0 aromatic carbocycles. The van der Waals surface area contributed by atoms with E-state index in [0.29, 0.717) is 49.6 Å². The van der Waals surface area contributed by atoms with Crippen LogP contribution in [-0.2, 0) is 44.7 Å². The molecule has 0 spiro atoms. The number of cyclic esters (lactones) is 1. The second-order valence-electron chi connectivity index (χ2n) is 17.4. The highest BCUT2D eigenvalue weighted by Crippen LogP contribution is 2.45. The Balaban J connectivity index is 1.45. The number of amides is 1. The zero-order valence-electron chi connectivity index (χ0n) is 35.3. The van der Waals surface area contributed by atoms with Gasteiger partial charge in [-0.15, -0.1) is 0 Å². The summed E-state index contributed by atoms with van der Waals surface area (Å²) in [7, 11) is 3.86. The number of hydrogen-bond donors (Lipinski definition) is 2. The second kappa shape index (κ2) is 17.4. The van der Waals surface area contributed by atoms with Crippen molar-refractivity contribution in [1.82, 2.24) is 14.8 Å². The maximum Gasteiger partial charge on any atom is 0.410 e. The number of oxime groups is 1. The number of likely N-dealkylation sites (N-methyl/N-ethyl adjacent to an activating group) is 1. The lowest BCUT2D eigenvalue weighted by Gasteiger charge is -2.48. The molecule has 16 heteroatoms. The lowest BCUT2D eigenvalue weighted by molar-refractivity contribution is -0.302. The quantitative estimate of drug-likeness (QED) is 0.300. The summed E-state index contributed by atoms with van der Waals surface area (Å²) in [6, 6.07) is 4.63. The molecule has 318 valence electrons. The van der Waals surface area contributed by atoms with Crippen molar-refractivity contribution in [2.45, 2.75) is 141 Å². The Hall–Kier alpha value is -3.41. The minimum atomic E-state index is -1.14. The summed E-state index contributed by atoms with van der Waals surface area (Å²) in [5.41, 5.74) is 5.61. The van der Waals surface area contributed by atoms with Crippen LogP contribution in [0.25, 0.3) is 0 Å². The number of hydrogen-bond acceptors (Lipinski definition) is 15. The summed E-state index contributed by atoms with van der Waals surface area (Å²) in [6.45, 7) is 16.5. The van der Waals surface area contributed by atoms with E-state index >= 15 is 0 Å². The van der Waals surface area contributed by atoms with Crippen LogP contribution in [0.2, 0.25) is 0 Å². The number of carbonyl (C=O) groups is 2. The summed E-state index contributed by atoms with van der Waals surface area (Å²) in [5, 5.41) is 16.2. The monoisotopic (exact) mass is 800 g/mol. The van der Waals surface area contributed by atoms with Crippen LogP contribution in [0.5, 0.6) is 0 Å². The normalized spacial score (nSPS) is 41.3. The van der Waals surface area contributed by atoms with Gasteiger partial charge in [0.25, 0.3) is 0 Å². The Morgan fingerprint density at radius 3 is 2.56 bits per heavy atom. The predicted molar refractivity (Wildman–Crippen MR) is 211 cm³/mol. The average molecular weight is 801 g/mol. The van der Waals surface area contributed by atoms with Crippen molar-refractivity contribution in [3.63, 3.8) is 0 Å². The van der Waals surface area contributed by atoms with Gasteiger partial charge in [-0.3, -0.25) is 14.7 Å². The molecule has 5 aliphatic heterocycles. The van der Waals surface area contributed by atoms with E-state index in [0.717, 1.165) is 5.71 Å². The van der Waals surface area contributed by atoms with Gasteiger partial charge in [0.05, 0.1) is 61.3 Å². The first-order valence-electron chi connectivity index (χ1n) is 20.5. The zero-order valence-corrected chi connectivity index (χ0v) is 35.3. The molecule has 3 N–H and O–H groups in total. The molecule has 6 heterocycles. The van der Waals surface area contributed by atoms with Crippen LogP contribution in [0.15, 0.2) is 28.3 Å². The molecule has 4 saturated heterocycles. The maximum atomic E-state index is 14.5. The number of nitrogens with zero attached hydrogens (tertiary/aromatic N) is 5. The largest absolute Gasteiger partial charge is 0.458 e. The molecular formula is C41H64N6O10. The maximum absolute atomic E-state index is 14.5. The minimum Gasteiger partial charge on any atom is -0.458 e. The van der Waals surface area contributed by atoms with Gasteiger partial charge >= 0.3 is 12.1 Å². The summed E-state index contributed by atoms with van der Waals surface area (Å²) in [5.74, 6) is -1.91. The van der Waals surface area contributed by atoms with Crippen molar-refractivity contribution >= 4 is 29.3 Å². The van der Waals surface area contributed by atoms with E-state index in [2.05, 4.69) is 24.0 Å². The molecule has 4 fully saturated rings. The smallest absolute Gasteiger partial charge is 0.410 e. The van der Waals surface area contributed by atoms with Gasteiger partial charge < -0.3 is 49.0 Å². The highest BCUT2D eigenvalue weighted by molar-refractivity contribution is 5.91. The Bertz CT molecular complexity index is 1660. The minimum absolute atomic E-state index is 0.00720. The van der Waals surface area contributed by atoms with Crippen molar-refractivity contribution in [2.24, 2.45) is 33.8 Å². The molecule has 14 atom stereocenters. The predicted octanol–water partition coefficient (Wildman–Crippen LogP) is 3.83. The lowest BCUT2D eigenvalue weighted by atomic mass is 9.72. The van der Waals surface area contributed by atoms with Gasteiger partial charge in [0.1, 0.15) is 23.7 Å². The van der Waals surface area contributed by atoms with Crippen LogP contribution in [0, 0.1) is 23.7 Å². The number of nitrogens with two attached hydrogens (primary N) is 1. The Morgan fingerprint density at radius 1 is 1.11 bits per heavy atom. The van der Waals surface area contributed by atoms with Crippen LogP contribution in [0.4, 0.5) is 10.6 Å². The van der Waals surface area contributed by atoms with Crippen LogP contribution in [-0.4, -0.2) is 144 Å². The molecule has 6 rings (SSSR count). The van der Waals surface area contributed by atoms with Crippen LogP contribution < -0.4 is 5.73 Å². The SMILES string of the molecule is CC[C@@H]1OC(=O)[C@H](C)[C@H]2OCC(=NOCc3cccc(N)n3)CO[C@](C)(C[C@@H](C)C3=NCCN4C(=O)O[C@@]1(C)[C@H]4[C@H]3C)[C@@H](O[C@H]1O[C@@H](C)C[C@@H](N(C)C)[C@@H]1O)[C@@H]2C. The van der Waals surface area contributed by atoms with E-state index < -0.39 is 71.8 Å². The third-order valence-corrected chi connectivity index (χ3v) is 12.8. The van der Waals surface area contributed by atoms with Crippen molar-refractivity contribution in [1.29, 1.82) is 0 Å². The molecule has 1 aromatic rings. The number of aliphatic hydroxyl groups excluding tert-OH is 1. The number of pyridine rings is 1. The van der Waals surface area contributed by atoms with Crippen molar-refractivity contribution in [3.8, 4) is 0 Å². The van der Waals surface area contributed by atoms with E-state index in [1.54, 1.807) is 30.0 Å². The molecule has 4 bridgehead atoms. The highest BCUT2D eigenvalue weighted by Gasteiger charge is 2.60. The van der Waals surface area contributed by atoms with Gasteiger partial charge in [-0.05, 0) is 79.1 Å². The van der Waals surface area contributed by atoms with Crippen LogP contribution >= 0.6 is 0 Å². The number of ether oxygens (including phenoxy) is 6. The number of carbonyl (C=O) groups excluding carboxylic acids is 2. The lowest BCUT2D eigenvalue weighted by Crippen LogP contribution is -2.60. The number of anilines is 1. The number of aromatic nitrogens is 1. The molecule has 0 aliphatic carbocycles. The molecule has 0 unspecified atom stereocenters. The topological polar surface area (TPSA) is 189 Å². The Labute approximate surface area is 336 Å². The van der Waals surface area contributed by atoms with Gasteiger partial charge in [-0.25, -0.2) is 9.78 Å². The molecule has 5 aliphatic rings. The number of aliphatic hydroxyl groups is 1. The van der Waals surface area contributed by atoms with Crippen molar-refractivity contribution in [2.75, 3.05) is 46.1 Å². The van der Waals surface area contributed by atoms with E-state index in [9.17, 15) is 14.7 Å². The van der Waals surface area contributed by atoms with Gasteiger partial charge in [-0.2, -0.15) is 0 Å². The standard InChI is InChI=1S/C41H64N6O10/c1-11-30-41(8)35-24(4)32(43-15-16-47(35)39(50)57-41)22(2)18-40(7)36(56-38-33(48)29(46(9)10)17-23(3)54-38)25(5)34(26(6)37(49)55-30)51-19-28(20-52-40)45-53-21-27-13-12-14-31(42)44-27/h12-14,22-26,29-30,33-36,38,48H,11,15-21H2,1-10H3,(H2,42,44)/t22-,23+,24+,25-,26-,29-,30+,33+,34+,35-,36+,38-,40-,41-/m1/s1. The number of nitrogen functional groups attached to an aromatic ring is 1. The fourth-order valence-corrected chi connectivity index (χ4v) is 9.99. The molecule has 57 heavy (non-hydrogen) atoms. The first kappa shape index (κ1) is 43.2. The van der Waals surface area contributed by atoms with Crippen molar-refractivity contribution in [3.05, 3.63) is 23.9 Å². The summed E-state index contributed by atoms with van der Waals surface area (Å²) in [6.07, 6.45) is -3.49. The second-order valence-corrected chi connectivity index (χ2v) is 17.4. The summed E-state index contributed by atoms with van der Waals surface area (Å²) >= 11 is 0. The fourth-order valence-electron chi connectivity index (χ4n) is 9.99. The summed E-state index contributed by atoms with van der Waals surface area (Å²) < 4.78 is 39.7. The first-order chi connectivity index (χ1) is 27.0. The van der Waals surface area contributed by atoms with E-state index in [4.69, 9.17) is 44.0 Å². The summed E-state index contributed by atoms with van der Waals surface area (Å²) in [4.78, 5) is 46.9. The molecule has 0 radical (unpaired) electrons. The third kappa shape index (κ3) is 8.81. The van der Waals surface area contributed by atoms with Gasteiger partial charge in [0.15, 0.2) is 18.5 Å². The first-order valence-corrected chi connectivity index (χ1v) is 20.5. The van der Waals surface area contributed by atoms with E-state index in [1.807, 2.05) is 53.6 Å². The van der Waals surface area contributed by atoms with Gasteiger partial charge in [0, 0.05) is 30.1 Å². The third-order valence-electron chi connectivity index (χ3n) is 12.8. The van der Waals surface area contributed by atoms with E-state index in [-0.39, 0.29) is 43.8 Å². The highest BCUT2D eigenvalue weighted by atomic mass is 16.7. The molecule has 1 aromatic heterocycles. The average Bonchev–Trinajstić information content (AvgIpc) is 3.30. The van der Waals surface area contributed by atoms with Crippen LogP contribution in [0.1, 0.15) is 80.3 Å².